The zero-order valence-electron chi connectivity index (χ0n) is 28.0. The van der Waals surface area contributed by atoms with Crippen molar-refractivity contribution >= 4 is 52.6 Å². The Kier molecular flexibility index (Phi) is 11.7. The standard InChI is InChI=1S/C42H32N4O6S/c47-40(30-15-6-2-7-16-30)45-37(27-31-17-10-11-22-38(31)46(50)51)41(48)44-33-18-12-21-36(28-33)53-39(29-13-4-1-5-14-29)42(49)43-32-23-25-35(26-24-32)52-34-19-8-3-9-20-34/h1-28,39H,(H,43,49)(H,44,48)(H,45,47)/b37-27+. The lowest BCUT2D eigenvalue weighted by Crippen LogP contribution is -2.30. The Bertz CT molecular complexity index is 2250. The number of nitro groups is 1. The van der Waals surface area contributed by atoms with Crippen LogP contribution in [0.1, 0.15) is 26.7 Å². The molecule has 10 nitrogen and oxygen atoms in total. The van der Waals surface area contributed by atoms with Gasteiger partial charge in [0, 0.05) is 27.9 Å². The Labute approximate surface area is 309 Å². The van der Waals surface area contributed by atoms with Crippen LogP contribution in [0.15, 0.2) is 174 Å². The molecule has 6 aromatic carbocycles. The average Bonchev–Trinajstić information content (AvgIpc) is 3.18. The van der Waals surface area contributed by atoms with Crippen LogP contribution in [0.3, 0.4) is 0 Å². The molecule has 3 N–H and O–H groups in total. The molecule has 0 aliphatic heterocycles. The molecule has 0 aliphatic rings. The van der Waals surface area contributed by atoms with E-state index in [-0.39, 0.29) is 22.9 Å². The van der Waals surface area contributed by atoms with Crippen molar-refractivity contribution in [2.24, 2.45) is 0 Å². The minimum Gasteiger partial charge on any atom is -0.457 e. The van der Waals surface area contributed by atoms with Crippen LogP contribution < -0.4 is 20.7 Å². The molecule has 0 saturated heterocycles. The van der Waals surface area contributed by atoms with Gasteiger partial charge in [0.15, 0.2) is 0 Å². The molecule has 11 heteroatoms. The van der Waals surface area contributed by atoms with Crippen molar-refractivity contribution < 1.29 is 24.0 Å². The summed E-state index contributed by atoms with van der Waals surface area (Å²) >= 11 is 1.29. The number of para-hydroxylation sites is 2. The summed E-state index contributed by atoms with van der Waals surface area (Å²) in [5, 5.41) is 19.5. The van der Waals surface area contributed by atoms with Gasteiger partial charge >= 0.3 is 0 Å². The van der Waals surface area contributed by atoms with Crippen LogP contribution >= 0.6 is 11.8 Å². The topological polar surface area (TPSA) is 140 Å². The number of nitro benzene ring substituents is 1. The number of thioether (sulfide) groups is 1. The van der Waals surface area contributed by atoms with E-state index in [1.54, 1.807) is 78.9 Å². The quantitative estimate of drug-likeness (QED) is 0.0468. The molecule has 0 aromatic heterocycles. The van der Waals surface area contributed by atoms with Crippen molar-refractivity contribution in [3.63, 3.8) is 0 Å². The number of anilines is 2. The Morgan fingerprint density at radius 2 is 1.28 bits per heavy atom. The van der Waals surface area contributed by atoms with Crippen LogP contribution in [0.4, 0.5) is 17.1 Å². The minimum absolute atomic E-state index is 0.135. The predicted octanol–water partition coefficient (Wildman–Crippen LogP) is 9.27. The van der Waals surface area contributed by atoms with Crippen LogP contribution in [0.25, 0.3) is 6.08 Å². The van der Waals surface area contributed by atoms with Crippen LogP contribution in [0, 0.1) is 10.1 Å². The molecule has 0 saturated carbocycles. The van der Waals surface area contributed by atoms with Gasteiger partial charge in [0.1, 0.15) is 22.4 Å². The van der Waals surface area contributed by atoms with Gasteiger partial charge in [-0.1, -0.05) is 84.9 Å². The van der Waals surface area contributed by atoms with E-state index in [9.17, 15) is 24.5 Å². The molecule has 1 unspecified atom stereocenters. The molecule has 0 fully saturated rings. The zero-order chi connectivity index (χ0) is 37.0. The van der Waals surface area contributed by atoms with Crippen molar-refractivity contribution in [1.82, 2.24) is 5.32 Å². The predicted molar refractivity (Wildman–Crippen MR) is 207 cm³/mol. The van der Waals surface area contributed by atoms with Crippen molar-refractivity contribution in [2.45, 2.75) is 10.1 Å². The van der Waals surface area contributed by atoms with Gasteiger partial charge in [-0.25, -0.2) is 0 Å². The summed E-state index contributed by atoms with van der Waals surface area (Å²) in [6.45, 7) is 0. The Morgan fingerprint density at radius 3 is 1.98 bits per heavy atom. The van der Waals surface area contributed by atoms with E-state index in [1.807, 2.05) is 66.7 Å². The lowest BCUT2D eigenvalue weighted by molar-refractivity contribution is -0.385. The number of carbonyl (C=O) groups is 3. The summed E-state index contributed by atoms with van der Waals surface area (Å²) in [6, 6.07) is 47.0. The summed E-state index contributed by atoms with van der Waals surface area (Å²) in [6.07, 6.45) is 1.27. The van der Waals surface area contributed by atoms with Gasteiger partial charge in [-0.15, -0.1) is 11.8 Å². The molecule has 0 heterocycles. The number of hydrogen-bond donors (Lipinski definition) is 3. The normalized spacial score (nSPS) is 11.5. The minimum atomic E-state index is -0.702. The second kappa shape index (κ2) is 17.3. The molecule has 0 bridgehead atoms. The van der Waals surface area contributed by atoms with Crippen LogP contribution in [0.2, 0.25) is 0 Å². The van der Waals surface area contributed by atoms with E-state index < -0.39 is 22.0 Å². The maximum atomic E-state index is 13.8. The monoisotopic (exact) mass is 720 g/mol. The molecule has 6 aromatic rings. The molecule has 262 valence electrons. The first-order chi connectivity index (χ1) is 25.8. The van der Waals surface area contributed by atoms with Gasteiger partial charge in [-0.3, -0.25) is 24.5 Å². The number of amides is 3. The van der Waals surface area contributed by atoms with E-state index >= 15 is 0 Å². The van der Waals surface area contributed by atoms with E-state index in [1.165, 1.54) is 36.0 Å². The Hall–Kier alpha value is -6.98. The van der Waals surface area contributed by atoms with Crippen molar-refractivity contribution in [1.29, 1.82) is 0 Å². The Balaban J connectivity index is 1.21. The molecule has 0 aliphatic carbocycles. The SMILES string of the molecule is O=C(Nc1cccc(SC(C(=O)Nc2ccc(Oc3ccccc3)cc2)c2ccccc2)c1)/C(=C\c1ccccc1[N+](=O)[O-])NC(=O)c1ccccc1. The first-order valence-electron chi connectivity index (χ1n) is 16.4. The summed E-state index contributed by atoms with van der Waals surface area (Å²) in [5.41, 5.74) is 1.74. The fraction of sp³-hybridized carbons (Fsp3) is 0.0238. The van der Waals surface area contributed by atoms with Crippen molar-refractivity contribution in [2.75, 3.05) is 10.6 Å². The smallest absolute Gasteiger partial charge is 0.276 e. The summed E-state index contributed by atoms with van der Waals surface area (Å²) in [7, 11) is 0. The molecule has 0 radical (unpaired) electrons. The molecule has 53 heavy (non-hydrogen) atoms. The number of hydrogen-bond acceptors (Lipinski definition) is 7. The van der Waals surface area contributed by atoms with Gasteiger partial charge in [-0.05, 0) is 84.4 Å². The van der Waals surface area contributed by atoms with Gasteiger partial charge in [0.05, 0.1) is 10.5 Å². The molecule has 6 rings (SSSR count). The zero-order valence-corrected chi connectivity index (χ0v) is 28.9. The van der Waals surface area contributed by atoms with E-state index in [2.05, 4.69) is 16.0 Å². The van der Waals surface area contributed by atoms with Crippen molar-refractivity contribution in [3.8, 4) is 11.5 Å². The molecular weight excluding hydrogens is 689 g/mol. The number of carbonyl (C=O) groups excluding carboxylic acids is 3. The largest absolute Gasteiger partial charge is 0.457 e. The molecule has 1 atom stereocenters. The maximum absolute atomic E-state index is 13.8. The van der Waals surface area contributed by atoms with E-state index in [0.29, 0.717) is 33.3 Å². The highest BCUT2D eigenvalue weighted by molar-refractivity contribution is 8.00. The third-order valence-electron chi connectivity index (χ3n) is 7.75. The number of benzene rings is 6. The fourth-order valence-electron chi connectivity index (χ4n) is 5.19. The highest BCUT2D eigenvalue weighted by Gasteiger charge is 2.23. The number of rotatable bonds is 13. The summed E-state index contributed by atoms with van der Waals surface area (Å²) in [5.74, 6) is -0.198. The molecule has 0 spiro atoms. The van der Waals surface area contributed by atoms with Crippen LogP contribution in [-0.4, -0.2) is 22.6 Å². The first kappa shape index (κ1) is 35.8. The fourth-order valence-corrected chi connectivity index (χ4v) is 6.28. The van der Waals surface area contributed by atoms with Crippen LogP contribution in [0.5, 0.6) is 11.5 Å². The van der Waals surface area contributed by atoms with Crippen LogP contribution in [-0.2, 0) is 9.59 Å². The third-order valence-corrected chi connectivity index (χ3v) is 9.00. The average molecular weight is 721 g/mol. The van der Waals surface area contributed by atoms with Gasteiger partial charge in [0.2, 0.25) is 5.91 Å². The number of nitrogens with zero attached hydrogens (tertiary/aromatic N) is 1. The first-order valence-corrected chi connectivity index (χ1v) is 17.3. The summed E-state index contributed by atoms with van der Waals surface area (Å²) < 4.78 is 5.87. The summed E-state index contributed by atoms with van der Waals surface area (Å²) in [4.78, 5) is 52.4. The highest BCUT2D eigenvalue weighted by atomic mass is 32.2. The second-order valence-corrected chi connectivity index (χ2v) is 12.7. The number of ether oxygens (including phenoxy) is 1. The van der Waals surface area contributed by atoms with E-state index in [0.717, 1.165) is 5.56 Å². The highest BCUT2D eigenvalue weighted by Crippen LogP contribution is 2.37. The second-order valence-electron chi connectivity index (χ2n) is 11.5. The van der Waals surface area contributed by atoms with Crippen molar-refractivity contribution in [3.05, 3.63) is 196 Å². The maximum Gasteiger partial charge on any atom is 0.276 e. The third kappa shape index (κ3) is 9.84. The number of nitrogens with one attached hydrogen (secondary N) is 3. The Morgan fingerprint density at radius 1 is 0.660 bits per heavy atom. The molecular formula is C42H32N4O6S. The van der Waals surface area contributed by atoms with Gasteiger partial charge in [-0.2, -0.15) is 0 Å². The van der Waals surface area contributed by atoms with Gasteiger partial charge < -0.3 is 20.7 Å². The molecule has 3 amide bonds. The lowest BCUT2D eigenvalue weighted by Gasteiger charge is -2.18. The van der Waals surface area contributed by atoms with E-state index in [4.69, 9.17) is 4.74 Å². The lowest BCUT2D eigenvalue weighted by atomic mass is 10.1. The van der Waals surface area contributed by atoms with Gasteiger partial charge in [0.25, 0.3) is 17.5 Å².